The molecule has 0 atom stereocenters. The van der Waals surface area contributed by atoms with Crippen LogP contribution in [0.1, 0.15) is 27.7 Å². The third-order valence-electron chi connectivity index (χ3n) is 1.70. The lowest BCUT2D eigenvalue weighted by atomic mass is 10.3. The molecule has 0 aliphatic heterocycles. The molecule has 0 aromatic heterocycles. The zero-order chi connectivity index (χ0) is 19.1. The molecule has 2 aromatic rings. The van der Waals surface area contributed by atoms with Crippen molar-refractivity contribution < 1.29 is 30.6 Å². The average Bonchev–Trinajstić information content (AvgIpc) is 2.45. The largest absolute Gasteiger partial charge is 0.508 e. The molecule has 0 fully saturated rings. The Kier molecular flexibility index (Phi) is 14.1. The van der Waals surface area contributed by atoms with Crippen LogP contribution < -0.4 is 0 Å². The van der Waals surface area contributed by atoms with Crippen LogP contribution in [0.5, 0.6) is 23.0 Å². The first kappa shape index (κ1) is 23.8. The Morgan fingerprint density at radius 3 is 0.625 bits per heavy atom. The summed E-state index contributed by atoms with van der Waals surface area (Å²) < 4.78 is 0. The van der Waals surface area contributed by atoms with Gasteiger partial charge in [-0.05, 0) is 76.2 Å². The Balaban J connectivity index is 0. The van der Waals surface area contributed by atoms with E-state index in [1.54, 1.807) is 27.7 Å². The van der Waals surface area contributed by atoms with Gasteiger partial charge < -0.3 is 30.6 Å². The minimum atomic E-state index is -0.167. The Morgan fingerprint density at radius 2 is 0.542 bits per heavy atom. The number of benzene rings is 2. The fourth-order valence-corrected chi connectivity index (χ4v) is 0.905. The summed E-state index contributed by atoms with van der Waals surface area (Å²) in [6.07, 6.45) is -0.333. The van der Waals surface area contributed by atoms with Crippen molar-refractivity contribution in [3.8, 4) is 23.0 Å². The van der Waals surface area contributed by atoms with Gasteiger partial charge in [-0.25, -0.2) is 0 Å². The van der Waals surface area contributed by atoms with E-state index in [2.05, 4.69) is 0 Å². The van der Waals surface area contributed by atoms with Crippen LogP contribution in [0.2, 0.25) is 0 Å². The van der Waals surface area contributed by atoms with Crippen LogP contribution in [0.4, 0.5) is 0 Å². The number of phenolic OH excluding ortho intramolecular Hbond substituents is 4. The number of hydrogen-bond acceptors (Lipinski definition) is 6. The minimum absolute atomic E-state index is 0.167. The zero-order valence-electron chi connectivity index (χ0n) is 14.5. The Hall–Kier alpha value is -2.44. The van der Waals surface area contributed by atoms with Gasteiger partial charge in [0.05, 0.1) is 0 Å². The molecule has 0 aliphatic carbocycles. The van der Waals surface area contributed by atoms with Crippen molar-refractivity contribution >= 4 is 0 Å². The summed E-state index contributed by atoms with van der Waals surface area (Å²) >= 11 is 0. The highest BCUT2D eigenvalue weighted by Crippen LogP contribution is 2.13. The average molecular weight is 340 g/mol. The van der Waals surface area contributed by atoms with Crippen molar-refractivity contribution in [3.63, 3.8) is 0 Å². The lowest BCUT2D eigenvalue weighted by Crippen LogP contribution is -1.85. The maximum atomic E-state index is 8.65. The molecule has 24 heavy (non-hydrogen) atoms. The van der Waals surface area contributed by atoms with Crippen molar-refractivity contribution in [1.29, 1.82) is 0 Å². The molecule has 0 amide bonds. The molecule has 6 heteroatoms. The molecule has 2 rings (SSSR count). The molecule has 0 saturated carbocycles. The molecule has 6 N–H and O–H groups in total. The third kappa shape index (κ3) is 21.9. The molecule has 136 valence electrons. The van der Waals surface area contributed by atoms with E-state index in [-0.39, 0.29) is 35.2 Å². The maximum absolute atomic E-state index is 8.65. The molecule has 0 aliphatic rings. The summed E-state index contributed by atoms with van der Waals surface area (Å²) in [7, 11) is 0. The maximum Gasteiger partial charge on any atom is 0.115 e. The predicted molar refractivity (Wildman–Crippen MR) is 94.3 cm³/mol. The topological polar surface area (TPSA) is 121 Å². The van der Waals surface area contributed by atoms with Gasteiger partial charge in [-0.15, -0.1) is 0 Å². The molecule has 0 spiro atoms. The normalized spacial score (nSPS) is 9.00. The first-order chi connectivity index (χ1) is 11.0. The molecule has 2 aromatic carbocycles. The van der Waals surface area contributed by atoms with Crippen molar-refractivity contribution in [3.05, 3.63) is 48.5 Å². The van der Waals surface area contributed by atoms with Crippen LogP contribution in [0.3, 0.4) is 0 Å². The predicted octanol–water partition coefficient (Wildman–Crippen LogP) is 2.97. The van der Waals surface area contributed by atoms with Crippen molar-refractivity contribution in [2.75, 3.05) is 0 Å². The number of aliphatic hydroxyl groups excluding tert-OH is 2. The van der Waals surface area contributed by atoms with E-state index >= 15 is 0 Å². The number of aliphatic hydroxyl groups is 2. The van der Waals surface area contributed by atoms with Gasteiger partial charge in [-0.3, -0.25) is 0 Å². The quantitative estimate of drug-likeness (QED) is 0.410. The first-order valence-electron chi connectivity index (χ1n) is 7.36. The van der Waals surface area contributed by atoms with Gasteiger partial charge in [0.25, 0.3) is 0 Å². The number of aromatic hydroxyl groups is 4. The van der Waals surface area contributed by atoms with Gasteiger partial charge in [0.2, 0.25) is 0 Å². The summed E-state index contributed by atoms with van der Waals surface area (Å²) in [5.74, 6) is 0.677. The fourth-order valence-electron chi connectivity index (χ4n) is 0.905. The summed E-state index contributed by atoms with van der Waals surface area (Å²) in [6, 6.07) is 11.4. The molecule has 6 nitrogen and oxygen atoms in total. The molecule has 0 heterocycles. The van der Waals surface area contributed by atoms with Gasteiger partial charge >= 0.3 is 0 Å². The van der Waals surface area contributed by atoms with Crippen molar-refractivity contribution in [2.45, 2.75) is 39.9 Å². The minimum Gasteiger partial charge on any atom is -0.508 e. The molecule has 0 bridgehead atoms. The van der Waals surface area contributed by atoms with E-state index in [4.69, 9.17) is 30.6 Å². The van der Waals surface area contributed by atoms with Crippen molar-refractivity contribution in [2.24, 2.45) is 0 Å². The summed E-state index contributed by atoms with van der Waals surface area (Å²) in [5.41, 5.74) is 0. The third-order valence-corrected chi connectivity index (χ3v) is 1.70. The summed E-state index contributed by atoms with van der Waals surface area (Å²) in [6.45, 7) is 6.89. The van der Waals surface area contributed by atoms with E-state index in [1.165, 1.54) is 48.5 Å². The van der Waals surface area contributed by atoms with Crippen molar-refractivity contribution in [1.82, 2.24) is 0 Å². The standard InChI is InChI=1S/2C6H6O2.2C3H8O/c2*7-5-1-2-6(8)4-3-5;2*1-3(2)4/h2*1-4,7-8H;2*3-4H,1-2H3. The monoisotopic (exact) mass is 340 g/mol. The smallest absolute Gasteiger partial charge is 0.115 e. The lowest BCUT2D eigenvalue weighted by Gasteiger charge is -1.88. The highest BCUT2D eigenvalue weighted by Gasteiger charge is 1.85. The van der Waals surface area contributed by atoms with E-state index in [0.29, 0.717) is 0 Å². The first-order valence-corrected chi connectivity index (χ1v) is 7.36. The van der Waals surface area contributed by atoms with Gasteiger partial charge in [-0.1, -0.05) is 0 Å². The molecular weight excluding hydrogens is 312 g/mol. The van der Waals surface area contributed by atoms with E-state index in [1.807, 2.05) is 0 Å². The summed E-state index contributed by atoms with van der Waals surface area (Å²) in [5, 5.41) is 50.7. The highest BCUT2D eigenvalue weighted by molar-refractivity contribution is 5.29. The highest BCUT2D eigenvalue weighted by atomic mass is 16.3. The van der Waals surface area contributed by atoms with E-state index < -0.39 is 0 Å². The molecule has 0 radical (unpaired) electrons. The summed E-state index contributed by atoms with van der Waals surface area (Å²) in [4.78, 5) is 0. The SMILES string of the molecule is CC(C)O.CC(C)O.Oc1ccc(O)cc1.Oc1ccc(O)cc1. The number of hydrogen-bond donors (Lipinski definition) is 6. The van der Waals surface area contributed by atoms with Gasteiger partial charge in [0, 0.05) is 12.2 Å². The Labute approximate surface area is 142 Å². The molecular formula is C18H28O6. The zero-order valence-corrected chi connectivity index (χ0v) is 14.5. The van der Waals surface area contributed by atoms with E-state index in [9.17, 15) is 0 Å². The van der Waals surface area contributed by atoms with Gasteiger partial charge in [0.1, 0.15) is 23.0 Å². The van der Waals surface area contributed by atoms with Crippen LogP contribution in [0.25, 0.3) is 0 Å². The number of rotatable bonds is 0. The van der Waals surface area contributed by atoms with Gasteiger partial charge in [0.15, 0.2) is 0 Å². The van der Waals surface area contributed by atoms with Crippen LogP contribution in [0, 0.1) is 0 Å². The second kappa shape index (κ2) is 14.2. The van der Waals surface area contributed by atoms with Gasteiger partial charge in [-0.2, -0.15) is 0 Å². The fraction of sp³-hybridized carbons (Fsp3) is 0.333. The van der Waals surface area contributed by atoms with Crippen LogP contribution >= 0.6 is 0 Å². The Morgan fingerprint density at radius 1 is 0.458 bits per heavy atom. The van der Waals surface area contributed by atoms with Crippen LogP contribution in [0.15, 0.2) is 48.5 Å². The molecule has 0 unspecified atom stereocenters. The lowest BCUT2D eigenvalue weighted by molar-refractivity contribution is 0.215. The number of phenols is 4. The molecule has 0 saturated heterocycles. The second-order valence-corrected chi connectivity index (χ2v) is 5.22. The second-order valence-electron chi connectivity index (χ2n) is 5.22. The van der Waals surface area contributed by atoms with Crippen LogP contribution in [-0.2, 0) is 0 Å². The Bertz CT molecular complexity index is 409. The van der Waals surface area contributed by atoms with E-state index in [0.717, 1.165) is 0 Å². The van der Waals surface area contributed by atoms with Crippen LogP contribution in [-0.4, -0.2) is 42.8 Å².